The molecule has 0 heterocycles. The Kier molecular flexibility index (Phi) is 5.56. The number of hydrogen-bond acceptors (Lipinski definition) is 5. The highest BCUT2D eigenvalue weighted by atomic mass is 16.5. The highest BCUT2D eigenvalue weighted by Gasteiger charge is 2.18. The van der Waals surface area contributed by atoms with Crippen LogP contribution in [0.3, 0.4) is 0 Å². The summed E-state index contributed by atoms with van der Waals surface area (Å²) in [6.45, 7) is -0.299. The third-order valence-corrected chi connectivity index (χ3v) is 4.63. The fourth-order valence-corrected chi connectivity index (χ4v) is 3.17. The van der Waals surface area contributed by atoms with Crippen molar-refractivity contribution in [2.75, 3.05) is 20.8 Å². The second-order valence-corrected chi connectivity index (χ2v) is 6.26. The first-order valence-corrected chi connectivity index (χ1v) is 8.66. The number of esters is 1. The summed E-state index contributed by atoms with van der Waals surface area (Å²) in [7, 11) is 2.99. The summed E-state index contributed by atoms with van der Waals surface area (Å²) in [4.78, 5) is 24.7. The van der Waals surface area contributed by atoms with E-state index in [2.05, 4.69) is 0 Å². The number of ketones is 1. The molecule has 0 saturated carbocycles. The summed E-state index contributed by atoms with van der Waals surface area (Å²) in [5.41, 5.74) is 3.38. The van der Waals surface area contributed by atoms with Gasteiger partial charge in [0, 0.05) is 11.6 Å². The average Bonchev–Trinajstić information content (AvgIpc) is 2.70. The van der Waals surface area contributed by atoms with Crippen molar-refractivity contribution >= 4 is 11.8 Å². The zero-order valence-corrected chi connectivity index (χ0v) is 15.0. The van der Waals surface area contributed by atoms with Crippen LogP contribution in [0.15, 0.2) is 36.4 Å². The molecule has 0 fully saturated rings. The molecule has 0 aromatic heterocycles. The van der Waals surface area contributed by atoms with E-state index in [1.165, 1.54) is 31.8 Å². The molecule has 0 aliphatic heterocycles. The fraction of sp³-hybridized carbons (Fsp3) is 0.333. The van der Waals surface area contributed by atoms with Gasteiger partial charge in [0.15, 0.2) is 12.4 Å². The van der Waals surface area contributed by atoms with Gasteiger partial charge in [-0.05, 0) is 55.0 Å². The van der Waals surface area contributed by atoms with Crippen molar-refractivity contribution in [3.05, 3.63) is 58.7 Å². The van der Waals surface area contributed by atoms with Crippen LogP contribution in [0.1, 0.15) is 44.7 Å². The van der Waals surface area contributed by atoms with Crippen LogP contribution in [0.4, 0.5) is 0 Å². The summed E-state index contributed by atoms with van der Waals surface area (Å²) in [5, 5.41) is 0. The molecule has 0 spiro atoms. The first kappa shape index (κ1) is 18.0. The minimum Gasteiger partial charge on any atom is -0.497 e. The number of carbonyl (C=O) groups is 2. The fourth-order valence-electron chi connectivity index (χ4n) is 3.17. The van der Waals surface area contributed by atoms with Gasteiger partial charge in [0.1, 0.15) is 17.1 Å². The van der Waals surface area contributed by atoms with Gasteiger partial charge in [-0.15, -0.1) is 0 Å². The predicted molar refractivity (Wildman–Crippen MR) is 97.2 cm³/mol. The van der Waals surface area contributed by atoms with Crippen LogP contribution in [0, 0.1) is 0 Å². The lowest BCUT2D eigenvalue weighted by Gasteiger charge is -2.16. The summed E-state index contributed by atoms with van der Waals surface area (Å²) >= 11 is 0. The van der Waals surface area contributed by atoms with E-state index in [4.69, 9.17) is 14.2 Å². The minimum absolute atomic E-state index is 0.209. The van der Waals surface area contributed by atoms with Gasteiger partial charge in [-0.3, -0.25) is 4.79 Å². The summed E-state index contributed by atoms with van der Waals surface area (Å²) in [6, 6.07) is 10.6. The normalized spacial score (nSPS) is 12.8. The Hall–Kier alpha value is -2.82. The van der Waals surface area contributed by atoms with Crippen molar-refractivity contribution in [3.8, 4) is 11.5 Å². The largest absolute Gasteiger partial charge is 0.497 e. The van der Waals surface area contributed by atoms with Crippen molar-refractivity contribution in [1.82, 2.24) is 0 Å². The molecule has 136 valence electrons. The Balaban J connectivity index is 1.67. The van der Waals surface area contributed by atoms with Crippen LogP contribution in [0.25, 0.3) is 0 Å². The van der Waals surface area contributed by atoms with E-state index in [0.717, 1.165) is 19.3 Å². The zero-order valence-electron chi connectivity index (χ0n) is 15.0. The van der Waals surface area contributed by atoms with Gasteiger partial charge in [0.05, 0.1) is 14.2 Å². The van der Waals surface area contributed by atoms with Gasteiger partial charge in [-0.2, -0.15) is 0 Å². The molecule has 5 nitrogen and oxygen atoms in total. The zero-order chi connectivity index (χ0) is 18.5. The maximum absolute atomic E-state index is 12.4. The van der Waals surface area contributed by atoms with E-state index < -0.39 is 5.97 Å². The number of hydrogen-bond donors (Lipinski definition) is 0. The molecular weight excluding hydrogens is 332 g/mol. The Bertz CT molecular complexity index is 825. The predicted octanol–water partition coefficient (Wildman–Crippen LogP) is 3.62. The van der Waals surface area contributed by atoms with Crippen molar-refractivity contribution < 1.29 is 23.8 Å². The molecule has 2 aromatic rings. The topological polar surface area (TPSA) is 61.8 Å². The molecule has 1 aliphatic carbocycles. The number of aryl methyl sites for hydroxylation is 2. The van der Waals surface area contributed by atoms with Crippen LogP contribution < -0.4 is 9.47 Å². The average molecular weight is 354 g/mol. The lowest BCUT2D eigenvalue weighted by atomic mass is 9.90. The van der Waals surface area contributed by atoms with Crippen LogP contribution in [0.5, 0.6) is 11.5 Å². The summed E-state index contributed by atoms with van der Waals surface area (Å²) in [5.74, 6) is 0.106. The first-order valence-electron chi connectivity index (χ1n) is 8.66. The third kappa shape index (κ3) is 3.87. The van der Waals surface area contributed by atoms with Gasteiger partial charge >= 0.3 is 5.97 Å². The molecule has 5 heteroatoms. The van der Waals surface area contributed by atoms with E-state index in [1.54, 1.807) is 18.2 Å². The van der Waals surface area contributed by atoms with Crippen LogP contribution >= 0.6 is 0 Å². The number of benzene rings is 2. The van der Waals surface area contributed by atoms with Crippen molar-refractivity contribution in [2.24, 2.45) is 0 Å². The molecule has 0 radical (unpaired) electrons. The van der Waals surface area contributed by atoms with Gasteiger partial charge in [0.2, 0.25) is 0 Å². The SMILES string of the molecule is COc1ccc(C(=O)OCC(=O)c2ccc3c(c2)CCCC3)c(OC)c1. The second-order valence-electron chi connectivity index (χ2n) is 6.26. The molecule has 2 aromatic carbocycles. The third-order valence-electron chi connectivity index (χ3n) is 4.63. The van der Waals surface area contributed by atoms with Crippen LogP contribution in [-0.4, -0.2) is 32.6 Å². The smallest absolute Gasteiger partial charge is 0.342 e. The molecule has 1 aliphatic rings. The maximum atomic E-state index is 12.4. The molecule has 26 heavy (non-hydrogen) atoms. The molecule has 0 atom stereocenters. The Morgan fingerprint density at radius 1 is 0.923 bits per heavy atom. The number of methoxy groups -OCH3 is 2. The minimum atomic E-state index is -0.601. The molecule has 0 bridgehead atoms. The molecular formula is C21H22O5. The molecule has 0 amide bonds. The maximum Gasteiger partial charge on any atom is 0.342 e. The number of Topliss-reactive ketones (excluding diaryl/α,β-unsaturated/α-hetero) is 1. The summed E-state index contributed by atoms with van der Waals surface area (Å²) < 4.78 is 15.5. The molecule has 0 N–H and O–H groups in total. The number of fused-ring (bicyclic) bond motifs is 1. The molecule has 3 rings (SSSR count). The van der Waals surface area contributed by atoms with E-state index in [1.807, 2.05) is 18.2 Å². The van der Waals surface area contributed by atoms with Crippen molar-refractivity contribution in [3.63, 3.8) is 0 Å². The monoisotopic (exact) mass is 354 g/mol. The highest BCUT2D eigenvalue weighted by molar-refractivity contribution is 6.00. The highest BCUT2D eigenvalue weighted by Crippen LogP contribution is 2.25. The van der Waals surface area contributed by atoms with Crippen LogP contribution in [0.2, 0.25) is 0 Å². The van der Waals surface area contributed by atoms with E-state index in [0.29, 0.717) is 17.1 Å². The lowest BCUT2D eigenvalue weighted by Crippen LogP contribution is -2.16. The van der Waals surface area contributed by atoms with E-state index in [-0.39, 0.29) is 18.0 Å². The van der Waals surface area contributed by atoms with Gasteiger partial charge < -0.3 is 14.2 Å². The standard InChI is InChI=1S/C21H22O5/c1-24-17-9-10-18(20(12-17)25-2)21(23)26-13-19(22)16-8-7-14-5-3-4-6-15(14)11-16/h7-12H,3-6,13H2,1-2H3. The quantitative estimate of drug-likeness (QED) is 0.586. The number of rotatable bonds is 6. The van der Waals surface area contributed by atoms with Crippen molar-refractivity contribution in [2.45, 2.75) is 25.7 Å². The Morgan fingerprint density at radius 2 is 1.69 bits per heavy atom. The Labute approximate surface area is 152 Å². The second kappa shape index (κ2) is 8.04. The lowest BCUT2D eigenvalue weighted by molar-refractivity contribution is 0.0471. The van der Waals surface area contributed by atoms with Gasteiger partial charge in [0.25, 0.3) is 0 Å². The van der Waals surface area contributed by atoms with Gasteiger partial charge in [-0.1, -0.05) is 12.1 Å². The number of carbonyl (C=O) groups excluding carboxylic acids is 2. The first-order chi connectivity index (χ1) is 12.6. The van der Waals surface area contributed by atoms with E-state index in [9.17, 15) is 9.59 Å². The summed E-state index contributed by atoms with van der Waals surface area (Å²) in [6.07, 6.45) is 4.41. The van der Waals surface area contributed by atoms with E-state index >= 15 is 0 Å². The van der Waals surface area contributed by atoms with Crippen molar-refractivity contribution in [1.29, 1.82) is 0 Å². The Morgan fingerprint density at radius 3 is 2.42 bits per heavy atom. The van der Waals surface area contributed by atoms with Gasteiger partial charge in [-0.25, -0.2) is 4.79 Å². The molecule has 0 saturated heterocycles. The van der Waals surface area contributed by atoms with Crippen LogP contribution in [-0.2, 0) is 17.6 Å². The molecule has 0 unspecified atom stereocenters. The number of ether oxygens (including phenoxy) is 3.